The molecule has 1 N–H and O–H groups in total. The highest BCUT2D eigenvalue weighted by atomic mass is 15.2. The number of aromatic nitrogens is 5. The van der Waals surface area contributed by atoms with Crippen molar-refractivity contribution in [2.75, 3.05) is 0 Å². The maximum atomic E-state index is 4.39. The Balaban J connectivity index is 2.37. The minimum Gasteiger partial charge on any atom is -0.262 e. The molecule has 0 saturated carbocycles. The van der Waals surface area contributed by atoms with Crippen LogP contribution in [0.2, 0.25) is 0 Å². The van der Waals surface area contributed by atoms with Crippen LogP contribution in [0.5, 0.6) is 0 Å². The van der Waals surface area contributed by atoms with Gasteiger partial charge in [-0.3, -0.25) is 5.10 Å². The topological polar surface area (TPSA) is 67.3 Å². The molecule has 0 bridgehead atoms. The van der Waals surface area contributed by atoms with Crippen molar-refractivity contribution in [2.45, 2.75) is 26.2 Å². The monoisotopic (exact) mass is 203 g/mol. The first kappa shape index (κ1) is 9.76. The summed E-state index contributed by atoms with van der Waals surface area (Å²) in [5, 5.41) is 7.05. The highest BCUT2D eigenvalue weighted by Crippen LogP contribution is 2.19. The zero-order chi connectivity index (χ0) is 10.9. The van der Waals surface area contributed by atoms with Gasteiger partial charge >= 0.3 is 0 Å². The van der Waals surface area contributed by atoms with Crippen LogP contribution in [0.1, 0.15) is 26.6 Å². The number of hydrogen-bond acceptors (Lipinski definition) is 4. The standard InChI is InChI=1S/C10H13N5/c1-10(2,3)9-13-8(14-15-9)7-4-5-11-6-12-7/h4-6H,1-3H3,(H,13,14,15). The quantitative estimate of drug-likeness (QED) is 0.763. The maximum Gasteiger partial charge on any atom is 0.199 e. The lowest BCUT2D eigenvalue weighted by molar-refractivity contribution is 0.548. The highest BCUT2D eigenvalue weighted by molar-refractivity contribution is 5.47. The van der Waals surface area contributed by atoms with Crippen LogP contribution in [0.15, 0.2) is 18.6 Å². The van der Waals surface area contributed by atoms with E-state index in [-0.39, 0.29) is 5.41 Å². The second kappa shape index (κ2) is 3.42. The summed E-state index contributed by atoms with van der Waals surface area (Å²) in [6, 6.07) is 1.79. The van der Waals surface area contributed by atoms with Crippen LogP contribution >= 0.6 is 0 Å². The number of nitrogens with zero attached hydrogens (tertiary/aromatic N) is 4. The summed E-state index contributed by atoms with van der Waals surface area (Å²) in [6.45, 7) is 6.24. The van der Waals surface area contributed by atoms with E-state index in [1.807, 2.05) is 0 Å². The van der Waals surface area contributed by atoms with Crippen molar-refractivity contribution < 1.29 is 0 Å². The van der Waals surface area contributed by atoms with Crippen LogP contribution in [0.3, 0.4) is 0 Å². The van der Waals surface area contributed by atoms with Crippen LogP contribution in [0, 0.1) is 0 Å². The van der Waals surface area contributed by atoms with Crippen molar-refractivity contribution >= 4 is 0 Å². The maximum absolute atomic E-state index is 4.39. The molecule has 0 aliphatic heterocycles. The molecule has 0 spiro atoms. The van der Waals surface area contributed by atoms with Crippen LogP contribution in [0.25, 0.3) is 11.5 Å². The molecule has 0 fully saturated rings. The van der Waals surface area contributed by atoms with Gasteiger partial charge in [-0.2, -0.15) is 5.10 Å². The van der Waals surface area contributed by atoms with Gasteiger partial charge in [0.2, 0.25) is 0 Å². The largest absolute Gasteiger partial charge is 0.262 e. The van der Waals surface area contributed by atoms with Gasteiger partial charge in [0.1, 0.15) is 17.8 Å². The second-order valence-corrected chi connectivity index (χ2v) is 4.35. The molecule has 2 rings (SSSR count). The van der Waals surface area contributed by atoms with Crippen molar-refractivity contribution in [2.24, 2.45) is 0 Å². The van der Waals surface area contributed by atoms with E-state index in [9.17, 15) is 0 Å². The summed E-state index contributed by atoms with van der Waals surface area (Å²) in [6.07, 6.45) is 3.16. The lowest BCUT2D eigenvalue weighted by atomic mass is 9.96. The first-order chi connectivity index (χ1) is 7.07. The molecule has 78 valence electrons. The molecule has 15 heavy (non-hydrogen) atoms. The third-order valence-electron chi connectivity index (χ3n) is 2.01. The fourth-order valence-corrected chi connectivity index (χ4v) is 1.13. The first-order valence-corrected chi connectivity index (χ1v) is 4.76. The van der Waals surface area contributed by atoms with E-state index in [0.29, 0.717) is 5.82 Å². The Morgan fingerprint density at radius 2 is 2.07 bits per heavy atom. The molecule has 0 saturated heterocycles. The second-order valence-electron chi connectivity index (χ2n) is 4.35. The minimum absolute atomic E-state index is 0.0295. The number of hydrogen-bond donors (Lipinski definition) is 1. The van der Waals surface area contributed by atoms with Gasteiger partial charge in [-0.25, -0.2) is 15.0 Å². The number of aromatic amines is 1. The summed E-state index contributed by atoms with van der Waals surface area (Å²) in [5.74, 6) is 1.47. The van der Waals surface area contributed by atoms with Crippen molar-refractivity contribution in [3.8, 4) is 11.5 Å². The highest BCUT2D eigenvalue weighted by Gasteiger charge is 2.19. The van der Waals surface area contributed by atoms with E-state index < -0.39 is 0 Å². The summed E-state index contributed by atoms with van der Waals surface area (Å²) in [5.41, 5.74) is 0.704. The molecule has 0 amide bonds. The predicted octanol–water partition coefficient (Wildman–Crippen LogP) is 1.56. The minimum atomic E-state index is -0.0295. The molecule has 2 heterocycles. The number of rotatable bonds is 1. The predicted molar refractivity (Wildman–Crippen MR) is 56.1 cm³/mol. The third-order valence-corrected chi connectivity index (χ3v) is 2.01. The summed E-state index contributed by atoms with van der Waals surface area (Å²) >= 11 is 0. The van der Waals surface area contributed by atoms with Crippen LogP contribution in [0.4, 0.5) is 0 Å². The zero-order valence-electron chi connectivity index (χ0n) is 9.02. The van der Waals surface area contributed by atoms with Crippen molar-refractivity contribution in [1.82, 2.24) is 25.1 Å². The molecule has 0 unspecified atom stereocenters. The molecule has 2 aromatic rings. The van der Waals surface area contributed by atoms with Gasteiger partial charge in [0.15, 0.2) is 5.82 Å². The van der Waals surface area contributed by atoms with E-state index in [1.54, 1.807) is 12.3 Å². The Labute approximate surface area is 88.0 Å². The number of H-pyrrole nitrogens is 1. The number of nitrogens with one attached hydrogen (secondary N) is 1. The van der Waals surface area contributed by atoms with Crippen molar-refractivity contribution in [1.29, 1.82) is 0 Å². The van der Waals surface area contributed by atoms with Gasteiger partial charge in [-0.05, 0) is 6.07 Å². The van der Waals surface area contributed by atoms with Gasteiger partial charge < -0.3 is 0 Å². The van der Waals surface area contributed by atoms with Gasteiger partial charge in [0.05, 0.1) is 0 Å². The average molecular weight is 203 g/mol. The van der Waals surface area contributed by atoms with Crippen molar-refractivity contribution in [3.63, 3.8) is 0 Å². The van der Waals surface area contributed by atoms with E-state index in [0.717, 1.165) is 11.5 Å². The Hall–Kier alpha value is -1.78. The zero-order valence-corrected chi connectivity index (χ0v) is 9.02. The normalized spacial score (nSPS) is 11.7. The molecule has 0 aliphatic rings. The molecule has 5 heteroatoms. The summed E-state index contributed by atoms with van der Waals surface area (Å²) < 4.78 is 0. The lowest BCUT2D eigenvalue weighted by Crippen LogP contribution is -2.13. The van der Waals surface area contributed by atoms with E-state index >= 15 is 0 Å². The van der Waals surface area contributed by atoms with Crippen LogP contribution in [-0.2, 0) is 5.41 Å². The summed E-state index contributed by atoms with van der Waals surface area (Å²) in [7, 11) is 0. The lowest BCUT2D eigenvalue weighted by Gasteiger charge is -2.12. The molecule has 0 aliphatic carbocycles. The molecule has 0 radical (unpaired) electrons. The van der Waals surface area contributed by atoms with Gasteiger partial charge in [-0.15, -0.1) is 0 Å². The van der Waals surface area contributed by atoms with Crippen LogP contribution in [-0.4, -0.2) is 25.1 Å². The third kappa shape index (κ3) is 2.01. The fraction of sp³-hybridized carbons (Fsp3) is 0.400. The van der Waals surface area contributed by atoms with Crippen LogP contribution < -0.4 is 0 Å². The molecular formula is C10H13N5. The van der Waals surface area contributed by atoms with E-state index in [4.69, 9.17) is 0 Å². The Morgan fingerprint density at radius 3 is 2.60 bits per heavy atom. The molecule has 5 nitrogen and oxygen atoms in total. The van der Waals surface area contributed by atoms with E-state index in [1.165, 1.54) is 6.33 Å². The molecular weight excluding hydrogens is 190 g/mol. The summed E-state index contributed by atoms with van der Waals surface area (Å²) in [4.78, 5) is 12.3. The molecule has 0 aromatic carbocycles. The fourth-order valence-electron chi connectivity index (χ4n) is 1.13. The van der Waals surface area contributed by atoms with Gasteiger partial charge in [0, 0.05) is 11.6 Å². The average Bonchev–Trinajstić information content (AvgIpc) is 2.67. The first-order valence-electron chi connectivity index (χ1n) is 4.76. The van der Waals surface area contributed by atoms with Gasteiger partial charge in [0.25, 0.3) is 0 Å². The molecule has 0 atom stereocenters. The SMILES string of the molecule is CC(C)(C)c1nc(-c2ccncn2)n[nH]1. The smallest absolute Gasteiger partial charge is 0.199 e. The Morgan fingerprint density at radius 1 is 1.27 bits per heavy atom. The van der Waals surface area contributed by atoms with E-state index in [2.05, 4.69) is 45.9 Å². The molecule has 2 aromatic heterocycles. The van der Waals surface area contributed by atoms with Crippen molar-refractivity contribution in [3.05, 3.63) is 24.4 Å². The Kier molecular flexibility index (Phi) is 2.22. The van der Waals surface area contributed by atoms with Gasteiger partial charge in [-0.1, -0.05) is 20.8 Å². The Bertz CT molecular complexity index is 440.